The van der Waals surface area contributed by atoms with Crippen molar-refractivity contribution in [3.05, 3.63) is 82.9 Å². The molecule has 1 nitrogen and oxygen atoms in total. The van der Waals surface area contributed by atoms with Crippen molar-refractivity contribution in [3.8, 4) is 0 Å². The lowest BCUT2D eigenvalue weighted by atomic mass is 9.98. The number of fused-ring (bicyclic) bond motifs is 1. The summed E-state index contributed by atoms with van der Waals surface area (Å²) in [6.45, 7) is 2.08. The van der Waals surface area contributed by atoms with Crippen molar-refractivity contribution < 1.29 is 4.79 Å². The van der Waals surface area contributed by atoms with Gasteiger partial charge in [-0.1, -0.05) is 78.4 Å². The summed E-state index contributed by atoms with van der Waals surface area (Å²) in [4.78, 5) is 11.3. The van der Waals surface area contributed by atoms with E-state index in [1.54, 1.807) is 0 Å². The first-order valence-electron chi connectivity index (χ1n) is 6.99. The summed E-state index contributed by atoms with van der Waals surface area (Å²) in [5.41, 5.74) is 4.06. The van der Waals surface area contributed by atoms with Crippen LogP contribution in [0.1, 0.15) is 27.0 Å². The molecule has 0 aliphatic carbocycles. The second kappa shape index (κ2) is 5.76. The van der Waals surface area contributed by atoms with Crippen LogP contribution in [0.4, 0.5) is 0 Å². The minimum atomic E-state index is 0.720. The number of hydrogen-bond donors (Lipinski definition) is 0. The smallest absolute Gasteiger partial charge is 0.150 e. The molecule has 0 atom stereocenters. The lowest BCUT2D eigenvalue weighted by molar-refractivity contribution is 0.112. The Hall–Kier alpha value is -2.67. The molecule has 0 aromatic heterocycles. The van der Waals surface area contributed by atoms with Gasteiger partial charge in [0.15, 0.2) is 6.29 Å². The predicted molar refractivity (Wildman–Crippen MR) is 89.4 cm³/mol. The highest BCUT2D eigenvalue weighted by molar-refractivity contribution is 5.99. The molecule has 0 heterocycles. The molecule has 21 heavy (non-hydrogen) atoms. The van der Waals surface area contributed by atoms with Gasteiger partial charge in [0.25, 0.3) is 0 Å². The highest BCUT2D eigenvalue weighted by Gasteiger charge is 2.03. The van der Waals surface area contributed by atoms with Crippen LogP contribution < -0.4 is 0 Å². The van der Waals surface area contributed by atoms with Crippen molar-refractivity contribution in [2.75, 3.05) is 0 Å². The molecule has 3 aromatic rings. The maximum atomic E-state index is 11.3. The summed E-state index contributed by atoms with van der Waals surface area (Å²) in [5.74, 6) is 0. The fourth-order valence-corrected chi connectivity index (χ4v) is 2.55. The van der Waals surface area contributed by atoms with Crippen LogP contribution in [-0.2, 0) is 0 Å². The minimum absolute atomic E-state index is 0.720. The number of carbonyl (C=O) groups excluding carboxylic acids is 1. The molecule has 0 spiro atoms. The van der Waals surface area contributed by atoms with Crippen LogP contribution in [0.15, 0.2) is 60.7 Å². The lowest BCUT2D eigenvalue weighted by Gasteiger charge is -2.05. The number of hydrogen-bond acceptors (Lipinski definition) is 1. The Kier molecular flexibility index (Phi) is 3.65. The molecule has 1 heteroatoms. The molecule has 3 aromatic carbocycles. The van der Waals surface area contributed by atoms with Crippen LogP contribution in [0.3, 0.4) is 0 Å². The first kappa shape index (κ1) is 13.3. The summed E-state index contributed by atoms with van der Waals surface area (Å²) in [6, 6.07) is 20.3. The molecular weight excluding hydrogens is 256 g/mol. The summed E-state index contributed by atoms with van der Waals surface area (Å²) in [6.07, 6.45) is 5.00. The van der Waals surface area contributed by atoms with Gasteiger partial charge in [-0.15, -0.1) is 0 Å². The summed E-state index contributed by atoms with van der Waals surface area (Å²) >= 11 is 0. The van der Waals surface area contributed by atoms with Crippen molar-refractivity contribution in [2.24, 2.45) is 0 Å². The van der Waals surface area contributed by atoms with Crippen LogP contribution in [-0.4, -0.2) is 6.29 Å². The van der Waals surface area contributed by atoms with E-state index in [0.29, 0.717) is 0 Å². The van der Waals surface area contributed by atoms with Gasteiger partial charge >= 0.3 is 0 Å². The van der Waals surface area contributed by atoms with Gasteiger partial charge in [-0.3, -0.25) is 4.79 Å². The molecule has 0 fully saturated rings. The summed E-state index contributed by atoms with van der Waals surface area (Å²) in [5, 5.41) is 2.25. The molecule has 0 radical (unpaired) electrons. The molecule has 102 valence electrons. The number of benzene rings is 3. The second-order valence-electron chi connectivity index (χ2n) is 5.15. The van der Waals surface area contributed by atoms with Gasteiger partial charge in [0.1, 0.15) is 0 Å². The Balaban J connectivity index is 2.12. The quantitative estimate of drug-likeness (QED) is 0.477. The Morgan fingerprint density at radius 2 is 1.71 bits per heavy atom. The second-order valence-corrected chi connectivity index (χ2v) is 5.15. The van der Waals surface area contributed by atoms with Crippen LogP contribution in [0.5, 0.6) is 0 Å². The topological polar surface area (TPSA) is 17.1 Å². The molecular formula is C20H16O. The van der Waals surface area contributed by atoms with E-state index in [9.17, 15) is 4.79 Å². The van der Waals surface area contributed by atoms with Gasteiger partial charge in [-0.2, -0.15) is 0 Å². The molecule has 0 saturated heterocycles. The van der Waals surface area contributed by atoms with Gasteiger partial charge in [0.05, 0.1) is 0 Å². The highest BCUT2D eigenvalue weighted by Crippen LogP contribution is 2.24. The van der Waals surface area contributed by atoms with Gasteiger partial charge in [-0.25, -0.2) is 0 Å². The van der Waals surface area contributed by atoms with E-state index in [2.05, 4.69) is 43.3 Å². The van der Waals surface area contributed by atoms with Crippen molar-refractivity contribution in [1.29, 1.82) is 0 Å². The third-order valence-electron chi connectivity index (χ3n) is 3.62. The molecule has 0 bridgehead atoms. The molecule has 0 aliphatic rings. The van der Waals surface area contributed by atoms with Crippen LogP contribution in [0.2, 0.25) is 0 Å². The molecule has 0 N–H and O–H groups in total. The number of aryl methyl sites for hydroxylation is 1. The third kappa shape index (κ3) is 2.77. The Morgan fingerprint density at radius 1 is 0.857 bits per heavy atom. The van der Waals surface area contributed by atoms with Gasteiger partial charge < -0.3 is 0 Å². The number of rotatable bonds is 3. The van der Waals surface area contributed by atoms with Crippen LogP contribution >= 0.6 is 0 Å². The SMILES string of the molecule is Cc1cccc(/C=C\c2c(C=O)ccc3ccccc23)c1. The Bertz CT molecular complexity index is 828. The molecule has 0 saturated carbocycles. The van der Waals surface area contributed by atoms with E-state index in [1.807, 2.05) is 36.4 Å². The number of carbonyl (C=O) groups is 1. The zero-order valence-corrected chi connectivity index (χ0v) is 11.9. The predicted octanol–water partition coefficient (Wildman–Crippen LogP) is 5.13. The zero-order valence-electron chi connectivity index (χ0n) is 11.9. The standard InChI is InChI=1S/C20H16O/c1-15-5-4-6-16(13-15)9-12-20-18(14-21)11-10-17-7-2-3-8-19(17)20/h2-14H,1H3/b12-9-. The minimum Gasteiger partial charge on any atom is -0.298 e. The van der Waals surface area contributed by atoms with Crippen LogP contribution in [0.25, 0.3) is 22.9 Å². The summed E-state index contributed by atoms with van der Waals surface area (Å²) < 4.78 is 0. The highest BCUT2D eigenvalue weighted by atomic mass is 16.1. The first-order chi connectivity index (χ1) is 10.3. The van der Waals surface area contributed by atoms with E-state index in [-0.39, 0.29) is 0 Å². The normalized spacial score (nSPS) is 11.1. The third-order valence-corrected chi connectivity index (χ3v) is 3.62. The fraction of sp³-hybridized carbons (Fsp3) is 0.0500. The average Bonchev–Trinajstić information content (AvgIpc) is 2.52. The monoisotopic (exact) mass is 272 g/mol. The van der Waals surface area contributed by atoms with E-state index in [0.717, 1.165) is 33.7 Å². The molecule has 0 aliphatic heterocycles. The van der Waals surface area contributed by atoms with E-state index in [4.69, 9.17) is 0 Å². The lowest BCUT2D eigenvalue weighted by Crippen LogP contribution is -1.88. The Morgan fingerprint density at radius 3 is 2.52 bits per heavy atom. The Labute approximate surface area is 124 Å². The first-order valence-corrected chi connectivity index (χ1v) is 6.99. The van der Waals surface area contributed by atoms with E-state index >= 15 is 0 Å². The van der Waals surface area contributed by atoms with Gasteiger partial charge in [-0.05, 0) is 28.8 Å². The van der Waals surface area contributed by atoms with Crippen molar-refractivity contribution >= 4 is 29.2 Å². The maximum Gasteiger partial charge on any atom is 0.150 e. The molecule has 0 unspecified atom stereocenters. The van der Waals surface area contributed by atoms with Crippen molar-refractivity contribution in [1.82, 2.24) is 0 Å². The maximum absolute atomic E-state index is 11.3. The van der Waals surface area contributed by atoms with Crippen molar-refractivity contribution in [2.45, 2.75) is 6.92 Å². The van der Waals surface area contributed by atoms with Gasteiger partial charge in [0, 0.05) is 5.56 Å². The fourth-order valence-electron chi connectivity index (χ4n) is 2.55. The van der Waals surface area contributed by atoms with Crippen molar-refractivity contribution in [3.63, 3.8) is 0 Å². The summed E-state index contributed by atoms with van der Waals surface area (Å²) in [7, 11) is 0. The average molecular weight is 272 g/mol. The molecule has 0 amide bonds. The van der Waals surface area contributed by atoms with Crippen LogP contribution in [0, 0.1) is 6.92 Å². The largest absolute Gasteiger partial charge is 0.298 e. The zero-order chi connectivity index (χ0) is 14.7. The van der Waals surface area contributed by atoms with E-state index < -0.39 is 0 Å². The number of aldehydes is 1. The van der Waals surface area contributed by atoms with Gasteiger partial charge in [0.2, 0.25) is 0 Å². The van der Waals surface area contributed by atoms with E-state index in [1.165, 1.54) is 5.56 Å². The molecule has 3 rings (SSSR count).